The van der Waals surface area contributed by atoms with Crippen LogP contribution in [0.5, 0.6) is 0 Å². The number of halogens is 1. The van der Waals surface area contributed by atoms with Crippen LogP contribution in [0.25, 0.3) is 11.5 Å². The van der Waals surface area contributed by atoms with Crippen LogP contribution in [0.3, 0.4) is 0 Å². The smallest absolute Gasteiger partial charge is 0.271 e. The second-order valence-electron chi connectivity index (χ2n) is 5.94. The van der Waals surface area contributed by atoms with Gasteiger partial charge in [-0.25, -0.2) is 12.8 Å². The topological polar surface area (TPSA) is 85.1 Å². The monoisotopic (exact) mass is 379 g/mol. The van der Waals surface area contributed by atoms with E-state index in [1.165, 1.54) is 24.3 Å². The molecule has 0 atom stereocenters. The Labute approximate surface area is 147 Å². The van der Waals surface area contributed by atoms with Crippen LogP contribution in [-0.4, -0.2) is 18.6 Å². The first-order valence-corrected chi connectivity index (χ1v) is 10.00. The van der Waals surface area contributed by atoms with Crippen molar-refractivity contribution in [2.24, 2.45) is 0 Å². The first kappa shape index (κ1) is 16.2. The van der Waals surface area contributed by atoms with Crippen LogP contribution in [0.4, 0.5) is 10.1 Å². The molecule has 0 amide bonds. The van der Waals surface area contributed by atoms with Gasteiger partial charge in [-0.3, -0.25) is 4.72 Å². The number of rotatable bonds is 5. The second kappa shape index (κ2) is 5.92. The zero-order valence-electron chi connectivity index (χ0n) is 13.2. The molecule has 1 aromatic carbocycles. The minimum absolute atomic E-state index is 0.123. The predicted molar refractivity (Wildman–Crippen MR) is 91.5 cm³/mol. The van der Waals surface area contributed by atoms with Crippen molar-refractivity contribution in [1.82, 2.24) is 10.2 Å². The van der Waals surface area contributed by atoms with E-state index < -0.39 is 15.8 Å². The highest BCUT2D eigenvalue weighted by Crippen LogP contribution is 2.40. The van der Waals surface area contributed by atoms with Gasteiger partial charge in [0.2, 0.25) is 11.8 Å². The fraction of sp³-hybridized carbons (Fsp3) is 0.250. The predicted octanol–water partition coefficient (Wildman–Crippen LogP) is 3.92. The number of aromatic nitrogens is 2. The van der Waals surface area contributed by atoms with E-state index in [0.717, 1.165) is 24.2 Å². The van der Waals surface area contributed by atoms with E-state index in [1.807, 2.05) is 0 Å². The minimum Gasteiger partial charge on any atom is -0.420 e. The molecule has 0 bridgehead atoms. The Morgan fingerprint density at radius 3 is 2.80 bits per heavy atom. The Morgan fingerprint density at radius 1 is 1.28 bits per heavy atom. The van der Waals surface area contributed by atoms with Crippen LogP contribution in [-0.2, 0) is 10.0 Å². The van der Waals surface area contributed by atoms with Crippen molar-refractivity contribution in [3.63, 3.8) is 0 Å². The molecule has 1 saturated carbocycles. The summed E-state index contributed by atoms with van der Waals surface area (Å²) >= 11 is 1.06. The first-order chi connectivity index (χ1) is 11.9. The summed E-state index contributed by atoms with van der Waals surface area (Å²) in [6.45, 7) is 1.64. The third-order valence-corrected chi connectivity index (χ3v) is 6.69. The van der Waals surface area contributed by atoms with Crippen molar-refractivity contribution in [3.8, 4) is 11.5 Å². The average molecular weight is 379 g/mol. The lowest BCUT2D eigenvalue weighted by atomic mass is 10.2. The lowest BCUT2D eigenvalue weighted by Crippen LogP contribution is -2.12. The van der Waals surface area contributed by atoms with Crippen LogP contribution < -0.4 is 4.72 Å². The molecule has 130 valence electrons. The molecule has 1 aliphatic carbocycles. The normalized spacial score (nSPS) is 14.6. The van der Waals surface area contributed by atoms with E-state index in [-0.39, 0.29) is 4.21 Å². The Kier molecular flexibility index (Phi) is 3.84. The molecule has 25 heavy (non-hydrogen) atoms. The summed E-state index contributed by atoms with van der Waals surface area (Å²) in [4.78, 5) is 0. The van der Waals surface area contributed by atoms with E-state index in [0.29, 0.717) is 34.5 Å². The zero-order valence-corrected chi connectivity index (χ0v) is 14.8. The quantitative estimate of drug-likeness (QED) is 0.726. The summed E-state index contributed by atoms with van der Waals surface area (Å²) in [5.41, 5.74) is 1.41. The Bertz CT molecular complexity index is 1040. The van der Waals surface area contributed by atoms with Crippen LogP contribution in [0.2, 0.25) is 0 Å². The molecule has 1 N–H and O–H groups in total. The Hall–Kier alpha value is -2.26. The molecule has 2 aromatic heterocycles. The minimum atomic E-state index is -3.78. The number of nitrogens with one attached hydrogen (secondary N) is 1. The highest BCUT2D eigenvalue weighted by Gasteiger charge is 2.30. The summed E-state index contributed by atoms with van der Waals surface area (Å²) in [6, 6.07) is 5.38. The number of hydrogen-bond donors (Lipinski definition) is 1. The molecule has 0 spiro atoms. The van der Waals surface area contributed by atoms with Gasteiger partial charge in [0.25, 0.3) is 10.0 Å². The molecular formula is C16H14FN3O3S2. The highest BCUT2D eigenvalue weighted by atomic mass is 32.2. The molecule has 1 fully saturated rings. The van der Waals surface area contributed by atoms with E-state index in [9.17, 15) is 12.8 Å². The number of nitrogens with zero attached hydrogens (tertiary/aromatic N) is 2. The molecule has 6 nitrogen and oxygen atoms in total. The average Bonchev–Trinajstić information content (AvgIpc) is 3.09. The van der Waals surface area contributed by atoms with E-state index in [4.69, 9.17) is 4.42 Å². The molecular weight excluding hydrogens is 365 g/mol. The van der Waals surface area contributed by atoms with Gasteiger partial charge >= 0.3 is 0 Å². The maximum absolute atomic E-state index is 13.2. The van der Waals surface area contributed by atoms with Gasteiger partial charge in [-0.1, -0.05) is 0 Å². The van der Waals surface area contributed by atoms with E-state index in [2.05, 4.69) is 14.9 Å². The molecule has 3 aromatic rings. The lowest BCUT2D eigenvalue weighted by Gasteiger charge is -2.09. The van der Waals surface area contributed by atoms with Gasteiger partial charge < -0.3 is 4.42 Å². The number of sulfonamides is 1. The van der Waals surface area contributed by atoms with Crippen LogP contribution in [0, 0.1) is 12.7 Å². The summed E-state index contributed by atoms with van der Waals surface area (Å²) in [6.07, 6.45) is 2.09. The third kappa shape index (κ3) is 3.29. The lowest BCUT2D eigenvalue weighted by molar-refractivity contribution is 0.508. The van der Waals surface area contributed by atoms with Crippen molar-refractivity contribution < 1.29 is 17.2 Å². The van der Waals surface area contributed by atoms with Crippen molar-refractivity contribution >= 4 is 27.0 Å². The molecule has 0 radical (unpaired) electrons. The van der Waals surface area contributed by atoms with Crippen molar-refractivity contribution in [2.75, 3.05) is 4.72 Å². The van der Waals surface area contributed by atoms with Gasteiger partial charge in [-0.05, 0) is 49.6 Å². The van der Waals surface area contributed by atoms with Gasteiger partial charge in [0.1, 0.15) is 10.0 Å². The maximum Gasteiger partial charge on any atom is 0.271 e. The maximum atomic E-state index is 13.2. The number of hydrogen-bond acceptors (Lipinski definition) is 6. The third-order valence-electron chi connectivity index (χ3n) is 3.89. The van der Waals surface area contributed by atoms with Crippen molar-refractivity contribution in [2.45, 2.75) is 29.9 Å². The summed E-state index contributed by atoms with van der Waals surface area (Å²) in [5, 5.41) is 9.65. The van der Waals surface area contributed by atoms with Gasteiger partial charge in [-0.2, -0.15) is 0 Å². The SMILES string of the molecule is Cc1cc(F)ccc1NS(=O)(=O)c1cc(-c2nnc(C3CC3)o2)cs1. The van der Waals surface area contributed by atoms with Crippen LogP contribution in [0.1, 0.15) is 30.2 Å². The molecule has 0 unspecified atom stereocenters. The molecule has 0 aliphatic heterocycles. The van der Waals surface area contributed by atoms with E-state index in [1.54, 1.807) is 12.3 Å². The number of thiophene rings is 1. The Balaban J connectivity index is 1.59. The number of aryl methyl sites for hydroxylation is 1. The van der Waals surface area contributed by atoms with Gasteiger partial charge in [0.15, 0.2) is 0 Å². The fourth-order valence-corrected chi connectivity index (χ4v) is 4.64. The molecule has 4 rings (SSSR count). The number of benzene rings is 1. The molecule has 9 heteroatoms. The van der Waals surface area contributed by atoms with E-state index >= 15 is 0 Å². The van der Waals surface area contributed by atoms with Crippen LogP contribution >= 0.6 is 11.3 Å². The zero-order chi connectivity index (χ0) is 17.6. The Morgan fingerprint density at radius 2 is 2.08 bits per heavy atom. The highest BCUT2D eigenvalue weighted by molar-refractivity contribution is 7.94. The standard InChI is InChI=1S/C16H14FN3O3S2/c1-9-6-12(17)4-5-13(9)20-25(21,22)14-7-11(8-24-14)16-19-18-15(23-16)10-2-3-10/h4-8,10,20H,2-3H2,1H3. The van der Waals surface area contributed by atoms with Crippen molar-refractivity contribution in [1.29, 1.82) is 0 Å². The van der Waals surface area contributed by atoms with Gasteiger partial charge in [-0.15, -0.1) is 21.5 Å². The summed E-state index contributed by atoms with van der Waals surface area (Å²) < 4.78 is 46.4. The summed E-state index contributed by atoms with van der Waals surface area (Å²) in [7, 11) is -3.78. The largest absolute Gasteiger partial charge is 0.420 e. The first-order valence-electron chi connectivity index (χ1n) is 7.64. The number of anilines is 1. The summed E-state index contributed by atoms with van der Waals surface area (Å²) in [5.74, 6) is 0.844. The molecule has 1 aliphatic rings. The van der Waals surface area contributed by atoms with Gasteiger partial charge in [0.05, 0.1) is 11.3 Å². The second-order valence-corrected chi connectivity index (χ2v) is 8.76. The van der Waals surface area contributed by atoms with Gasteiger partial charge in [0, 0.05) is 11.3 Å². The fourth-order valence-electron chi connectivity index (χ4n) is 2.35. The van der Waals surface area contributed by atoms with Crippen molar-refractivity contribution in [3.05, 3.63) is 46.9 Å². The molecule has 2 heterocycles. The van der Waals surface area contributed by atoms with Crippen LogP contribution in [0.15, 0.2) is 38.3 Å². The molecule has 0 saturated heterocycles.